The lowest BCUT2D eigenvalue weighted by molar-refractivity contribution is -0.144. The van der Waals surface area contributed by atoms with Crippen LogP contribution in [0.2, 0.25) is 0 Å². The molecule has 1 unspecified atom stereocenters. The van der Waals surface area contributed by atoms with Crippen LogP contribution in [0.4, 0.5) is 0 Å². The molecule has 2 aromatic carbocycles. The number of fused-ring (bicyclic) bond motifs is 1. The first-order valence-corrected chi connectivity index (χ1v) is 8.14. The van der Waals surface area contributed by atoms with Crippen molar-refractivity contribution in [2.45, 2.75) is 13.0 Å². The Morgan fingerprint density at radius 1 is 1.08 bits per heavy atom. The van der Waals surface area contributed by atoms with Gasteiger partial charge in [0.15, 0.2) is 23.4 Å². The van der Waals surface area contributed by atoms with Crippen molar-refractivity contribution in [1.82, 2.24) is 0 Å². The van der Waals surface area contributed by atoms with Crippen LogP contribution in [0, 0.1) is 0 Å². The van der Waals surface area contributed by atoms with E-state index in [1.54, 1.807) is 30.3 Å². The van der Waals surface area contributed by atoms with E-state index >= 15 is 0 Å². The van der Waals surface area contributed by atoms with Gasteiger partial charge in [0.25, 0.3) is 0 Å². The van der Waals surface area contributed by atoms with E-state index in [1.165, 1.54) is 13.0 Å². The molecule has 0 saturated carbocycles. The van der Waals surface area contributed by atoms with Gasteiger partial charge in [-0.3, -0.25) is 4.79 Å². The van der Waals surface area contributed by atoms with Crippen molar-refractivity contribution in [3.63, 3.8) is 0 Å². The van der Waals surface area contributed by atoms with Crippen molar-refractivity contribution in [2.24, 2.45) is 0 Å². The molecule has 0 spiro atoms. The molecule has 6 heteroatoms. The highest BCUT2D eigenvalue weighted by atomic mass is 16.6. The van der Waals surface area contributed by atoms with Crippen LogP contribution in [0.3, 0.4) is 0 Å². The van der Waals surface area contributed by atoms with E-state index in [0.717, 1.165) is 5.56 Å². The molecule has 0 aliphatic carbocycles. The van der Waals surface area contributed by atoms with Gasteiger partial charge in [0.1, 0.15) is 19.0 Å². The molecule has 0 aromatic heterocycles. The van der Waals surface area contributed by atoms with Gasteiger partial charge < -0.3 is 19.3 Å². The van der Waals surface area contributed by atoms with Crippen LogP contribution >= 0.6 is 0 Å². The topological polar surface area (TPSA) is 82.1 Å². The summed E-state index contributed by atoms with van der Waals surface area (Å²) < 4.78 is 16.2. The number of aliphatic carboxylic acids is 1. The smallest absolute Gasteiger partial charge is 0.344 e. The van der Waals surface area contributed by atoms with Gasteiger partial charge in [-0.25, -0.2) is 4.79 Å². The van der Waals surface area contributed by atoms with Crippen molar-refractivity contribution < 1.29 is 28.9 Å². The molecule has 1 aliphatic rings. The summed E-state index contributed by atoms with van der Waals surface area (Å²) in [6, 6.07) is 11.8. The third-order valence-electron chi connectivity index (χ3n) is 3.79. The molecule has 1 N–H and O–H groups in total. The first-order valence-electron chi connectivity index (χ1n) is 8.14. The Bertz CT molecular complexity index is 838. The van der Waals surface area contributed by atoms with Crippen molar-refractivity contribution in [3.8, 4) is 17.2 Å². The molecule has 0 fully saturated rings. The number of carbonyl (C=O) groups is 2. The first kappa shape index (κ1) is 17.5. The SMILES string of the molecule is CC(Oc1ccc(C(=O)/C=C/c2ccc3c(c2)OCCO3)cc1)C(=O)O. The molecular weight excluding hydrogens is 336 g/mol. The summed E-state index contributed by atoms with van der Waals surface area (Å²) in [4.78, 5) is 23.1. The number of ether oxygens (including phenoxy) is 3. The number of carboxylic acids is 1. The van der Waals surface area contributed by atoms with Crippen LogP contribution < -0.4 is 14.2 Å². The minimum atomic E-state index is -1.05. The van der Waals surface area contributed by atoms with Crippen LogP contribution in [0.15, 0.2) is 48.5 Å². The summed E-state index contributed by atoms with van der Waals surface area (Å²) in [5.74, 6) is 0.545. The summed E-state index contributed by atoms with van der Waals surface area (Å²) in [6.07, 6.45) is 2.23. The van der Waals surface area contributed by atoms with Crippen LogP contribution in [0.25, 0.3) is 6.08 Å². The standard InChI is InChI=1S/C20H18O6/c1-13(20(22)23)26-16-6-4-15(5-7-16)17(21)8-2-14-3-9-18-19(12-14)25-11-10-24-18/h2-9,12-13H,10-11H2,1H3,(H,22,23)/b8-2+. The van der Waals surface area contributed by atoms with Gasteiger partial charge in [-0.1, -0.05) is 12.1 Å². The Morgan fingerprint density at radius 3 is 2.46 bits per heavy atom. The van der Waals surface area contributed by atoms with Crippen molar-refractivity contribution in [2.75, 3.05) is 13.2 Å². The van der Waals surface area contributed by atoms with Crippen molar-refractivity contribution >= 4 is 17.8 Å². The Labute approximate surface area is 150 Å². The van der Waals surface area contributed by atoms with Crippen LogP contribution in [0.1, 0.15) is 22.8 Å². The largest absolute Gasteiger partial charge is 0.486 e. The fraction of sp³-hybridized carbons (Fsp3) is 0.200. The Balaban J connectivity index is 1.66. The van der Waals surface area contributed by atoms with E-state index < -0.39 is 12.1 Å². The van der Waals surface area contributed by atoms with E-state index in [1.807, 2.05) is 18.2 Å². The van der Waals surface area contributed by atoms with Gasteiger partial charge in [0.2, 0.25) is 0 Å². The van der Waals surface area contributed by atoms with E-state index in [9.17, 15) is 9.59 Å². The van der Waals surface area contributed by atoms with E-state index in [4.69, 9.17) is 19.3 Å². The Kier molecular flexibility index (Phi) is 5.22. The van der Waals surface area contributed by atoms with Crippen LogP contribution in [0.5, 0.6) is 17.2 Å². The highest BCUT2D eigenvalue weighted by Gasteiger charge is 2.13. The second-order valence-corrected chi connectivity index (χ2v) is 5.72. The molecule has 1 aliphatic heterocycles. The Morgan fingerprint density at radius 2 is 1.77 bits per heavy atom. The molecule has 0 bridgehead atoms. The molecular formula is C20H18O6. The number of ketones is 1. The molecule has 2 aromatic rings. The fourth-order valence-corrected chi connectivity index (χ4v) is 2.38. The third-order valence-corrected chi connectivity index (χ3v) is 3.79. The molecule has 26 heavy (non-hydrogen) atoms. The summed E-state index contributed by atoms with van der Waals surface area (Å²) in [6.45, 7) is 2.48. The number of benzene rings is 2. The Hall–Kier alpha value is -3.28. The number of rotatable bonds is 6. The molecule has 134 valence electrons. The van der Waals surface area contributed by atoms with Crippen LogP contribution in [-0.2, 0) is 4.79 Å². The average molecular weight is 354 g/mol. The van der Waals surface area contributed by atoms with Gasteiger partial charge in [0, 0.05) is 5.56 Å². The van der Waals surface area contributed by atoms with Crippen molar-refractivity contribution in [3.05, 3.63) is 59.7 Å². The van der Waals surface area contributed by atoms with Gasteiger partial charge >= 0.3 is 5.97 Å². The van der Waals surface area contributed by atoms with Gasteiger partial charge in [-0.15, -0.1) is 0 Å². The van der Waals surface area contributed by atoms with Gasteiger partial charge in [0.05, 0.1) is 0 Å². The highest BCUT2D eigenvalue weighted by Crippen LogP contribution is 2.31. The zero-order valence-electron chi connectivity index (χ0n) is 14.2. The molecule has 0 amide bonds. The summed E-state index contributed by atoms with van der Waals surface area (Å²) in [5, 5.41) is 8.83. The lowest BCUT2D eigenvalue weighted by atomic mass is 10.1. The quantitative estimate of drug-likeness (QED) is 0.634. The molecule has 0 radical (unpaired) electrons. The summed E-state index contributed by atoms with van der Waals surface area (Å²) in [7, 11) is 0. The molecule has 1 atom stereocenters. The highest BCUT2D eigenvalue weighted by molar-refractivity contribution is 6.06. The summed E-state index contributed by atoms with van der Waals surface area (Å²) >= 11 is 0. The van der Waals surface area contributed by atoms with Crippen LogP contribution in [-0.4, -0.2) is 36.2 Å². The maximum Gasteiger partial charge on any atom is 0.344 e. The number of hydrogen-bond donors (Lipinski definition) is 1. The van der Waals surface area contributed by atoms with Gasteiger partial charge in [-0.2, -0.15) is 0 Å². The number of allylic oxidation sites excluding steroid dienone is 1. The van der Waals surface area contributed by atoms with E-state index in [0.29, 0.717) is 36.0 Å². The molecule has 6 nitrogen and oxygen atoms in total. The molecule has 0 saturated heterocycles. The minimum Gasteiger partial charge on any atom is -0.486 e. The lowest BCUT2D eigenvalue weighted by Gasteiger charge is -2.18. The number of hydrogen-bond acceptors (Lipinski definition) is 5. The predicted octanol–water partition coefficient (Wildman–Crippen LogP) is 3.21. The maximum absolute atomic E-state index is 12.3. The van der Waals surface area contributed by atoms with E-state index in [-0.39, 0.29) is 5.78 Å². The monoisotopic (exact) mass is 354 g/mol. The summed E-state index contributed by atoms with van der Waals surface area (Å²) in [5.41, 5.74) is 1.31. The van der Waals surface area contributed by atoms with E-state index in [2.05, 4.69) is 0 Å². The zero-order valence-corrected chi connectivity index (χ0v) is 14.2. The molecule has 3 rings (SSSR count). The zero-order chi connectivity index (χ0) is 18.5. The maximum atomic E-state index is 12.3. The second-order valence-electron chi connectivity index (χ2n) is 5.72. The van der Waals surface area contributed by atoms with Gasteiger partial charge in [-0.05, 0) is 55.0 Å². The normalized spacial score (nSPS) is 14.0. The van der Waals surface area contributed by atoms with Crippen molar-refractivity contribution in [1.29, 1.82) is 0 Å². The molecule has 1 heterocycles. The first-order chi connectivity index (χ1) is 12.5. The lowest BCUT2D eigenvalue weighted by Crippen LogP contribution is -2.22. The number of carbonyl (C=O) groups excluding carboxylic acids is 1. The predicted molar refractivity (Wildman–Crippen MR) is 95.0 cm³/mol. The fourth-order valence-electron chi connectivity index (χ4n) is 2.38. The average Bonchev–Trinajstić information content (AvgIpc) is 2.66. The second kappa shape index (κ2) is 7.74. The third kappa shape index (κ3) is 4.22. The minimum absolute atomic E-state index is 0.169. The number of carboxylic acid groups (broad SMARTS) is 1.